The molecule has 2 unspecified atom stereocenters. The van der Waals surface area contributed by atoms with Crippen LogP contribution in [-0.4, -0.2) is 62.2 Å². The Labute approximate surface area is 120 Å². The number of hydrogen-bond donors (Lipinski definition) is 1. The zero-order valence-corrected chi connectivity index (χ0v) is 13.8. The van der Waals surface area contributed by atoms with Crippen LogP contribution in [0.4, 0.5) is 0 Å². The second-order valence-corrected chi connectivity index (χ2v) is 6.92. The molecule has 0 saturated carbocycles. The van der Waals surface area contributed by atoms with E-state index in [4.69, 9.17) is 0 Å². The fourth-order valence-electron chi connectivity index (χ4n) is 2.98. The first-order valence-corrected chi connectivity index (χ1v) is 8.11. The molecular weight excluding hydrogens is 234 g/mol. The van der Waals surface area contributed by atoms with E-state index in [1.807, 2.05) is 0 Å². The maximum absolute atomic E-state index is 3.69. The lowest BCUT2D eigenvalue weighted by atomic mass is 9.97. The zero-order valence-electron chi connectivity index (χ0n) is 13.8. The van der Waals surface area contributed by atoms with Crippen LogP contribution in [0, 0.1) is 5.92 Å². The third kappa shape index (κ3) is 7.28. The molecule has 0 radical (unpaired) electrons. The zero-order chi connectivity index (χ0) is 14.3. The van der Waals surface area contributed by atoms with Crippen LogP contribution in [0.25, 0.3) is 0 Å². The smallest absolute Gasteiger partial charge is 0.0112 e. The molecule has 1 N–H and O–H groups in total. The van der Waals surface area contributed by atoms with Gasteiger partial charge in [0.05, 0.1) is 0 Å². The molecule has 3 heteroatoms. The second-order valence-electron chi connectivity index (χ2n) is 6.92. The van der Waals surface area contributed by atoms with Crippen molar-refractivity contribution in [3.05, 3.63) is 0 Å². The van der Waals surface area contributed by atoms with Gasteiger partial charge in [0.2, 0.25) is 0 Å². The number of nitrogens with zero attached hydrogens (tertiary/aromatic N) is 2. The number of rotatable bonds is 8. The monoisotopic (exact) mass is 269 g/mol. The van der Waals surface area contributed by atoms with Crippen molar-refractivity contribution in [1.29, 1.82) is 0 Å². The van der Waals surface area contributed by atoms with E-state index in [0.717, 1.165) is 18.5 Å². The first-order valence-electron chi connectivity index (χ1n) is 8.11. The Morgan fingerprint density at radius 1 is 1.11 bits per heavy atom. The van der Waals surface area contributed by atoms with Crippen molar-refractivity contribution in [2.75, 3.05) is 40.3 Å². The molecule has 0 aromatic heterocycles. The van der Waals surface area contributed by atoms with Crippen LogP contribution in [0.5, 0.6) is 0 Å². The number of piperidine rings is 1. The average molecular weight is 269 g/mol. The van der Waals surface area contributed by atoms with E-state index in [9.17, 15) is 0 Å². The van der Waals surface area contributed by atoms with Gasteiger partial charge in [-0.3, -0.25) is 4.90 Å². The van der Waals surface area contributed by atoms with Crippen LogP contribution < -0.4 is 5.32 Å². The topological polar surface area (TPSA) is 18.5 Å². The Balaban J connectivity index is 2.41. The summed E-state index contributed by atoms with van der Waals surface area (Å²) >= 11 is 0. The third-order valence-corrected chi connectivity index (χ3v) is 4.10. The summed E-state index contributed by atoms with van der Waals surface area (Å²) in [4.78, 5) is 4.97. The number of hydrogen-bond acceptors (Lipinski definition) is 3. The summed E-state index contributed by atoms with van der Waals surface area (Å²) in [7, 11) is 4.34. The molecule has 1 saturated heterocycles. The lowest BCUT2D eigenvalue weighted by Crippen LogP contribution is -2.45. The van der Waals surface area contributed by atoms with Crippen LogP contribution in [0.15, 0.2) is 0 Å². The maximum atomic E-state index is 3.69. The highest BCUT2D eigenvalue weighted by Gasteiger charge is 2.20. The van der Waals surface area contributed by atoms with Gasteiger partial charge < -0.3 is 10.2 Å². The minimum absolute atomic E-state index is 0.693. The van der Waals surface area contributed by atoms with E-state index in [1.165, 1.54) is 45.3 Å². The lowest BCUT2D eigenvalue weighted by Gasteiger charge is -2.35. The molecule has 1 heterocycles. The Bertz CT molecular complexity index is 222. The van der Waals surface area contributed by atoms with Gasteiger partial charge in [0, 0.05) is 31.7 Å². The molecule has 0 spiro atoms. The van der Waals surface area contributed by atoms with Crippen LogP contribution in [0.2, 0.25) is 0 Å². The summed E-state index contributed by atoms with van der Waals surface area (Å²) in [6, 6.07) is 1.44. The quantitative estimate of drug-likeness (QED) is 0.730. The van der Waals surface area contributed by atoms with Gasteiger partial charge in [-0.15, -0.1) is 0 Å². The number of likely N-dealkylation sites (N-methyl/N-ethyl adjacent to an activating group) is 1. The van der Waals surface area contributed by atoms with Gasteiger partial charge in [-0.05, 0) is 52.7 Å². The third-order valence-electron chi connectivity index (χ3n) is 4.10. The Hall–Kier alpha value is -0.120. The van der Waals surface area contributed by atoms with Crippen LogP contribution in [-0.2, 0) is 0 Å². The first kappa shape index (κ1) is 16.9. The molecule has 0 amide bonds. The normalized spacial score (nSPS) is 22.4. The van der Waals surface area contributed by atoms with Crippen molar-refractivity contribution in [3.8, 4) is 0 Å². The molecule has 0 aromatic rings. The lowest BCUT2D eigenvalue weighted by molar-refractivity contribution is 0.149. The summed E-state index contributed by atoms with van der Waals surface area (Å²) in [5.41, 5.74) is 0. The van der Waals surface area contributed by atoms with E-state index in [1.54, 1.807) is 0 Å². The highest BCUT2D eigenvalue weighted by molar-refractivity contribution is 4.79. The fourth-order valence-corrected chi connectivity index (χ4v) is 2.98. The van der Waals surface area contributed by atoms with Crippen LogP contribution >= 0.6 is 0 Å². The van der Waals surface area contributed by atoms with E-state index < -0.39 is 0 Å². The van der Waals surface area contributed by atoms with E-state index in [-0.39, 0.29) is 0 Å². The van der Waals surface area contributed by atoms with E-state index in [0.29, 0.717) is 6.04 Å². The van der Waals surface area contributed by atoms with Gasteiger partial charge in [0.15, 0.2) is 0 Å². The highest BCUT2D eigenvalue weighted by atomic mass is 15.2. The van der Waals surface area contributed by atoms with Gasteiger partial charge in [0.1, 0.15) is 0 Å². The molecule has 1 fully saturated rings. The minimum atomic E-state index is 0.693. The molecule has 0 aliphatic carbocycles. The highest BCUT2D eigenvalue weighted by Crippen LogP contribution is 2.16. The standard InChI is InChI=1S/C16H35N3/c1-14(2)13-19(11-10-18(4)5)15(3)12-16-8-6-7-9-17-16/h14-17H,6-13H2,1-5H3. The van der Waals surface area contributed by atoms with Gasteiger partial charge in [-0.1, -0.05) is 20.3 Å². The Morgan fingerprint density at radius 3 is 2.37 bits per heavy atom. The van der Waals surface area contributed by atoms with Crippen LogP contribution in [0.3, 0.4) is 0 Å². The molecule has 0 aromatic carbocycles. The maximum Gasteiger partial charge on any atom is 0.0112 e. The predicted molar refractivity (Wildman–Crippen MR) is 84.7 cm³/mol. The number of nitrogens with one attached hydrogen (secondary N) is 1. The molecule has 2 atom stereocenters. The van der Waals surface area contributed by atoms with Gasteiger partial charge in [-0.25, -0.2) is 0 Å². The Kier molecular flexibility index (Phi) is 7.96. The van der Waals surface area contributed by atoms with E-state index in [2.05, 4.69) is 50.0 Å². The van der Waals surface area contributed by atoms with Crippen molar-refractivity contribution in [3.63, 3.8) is 0 Å². The molecule has 1 rings (SSSR count). The van der Waals surface area contributed by atoms with Crippen molar-refractivity contribution < 1.29 is 0 Å². The predicted octanol–water partition coefficient (Wildman–Crippen LogP) is 2.43. The van der Waals surface area contributed by atoms with Gasteiger partial charge in [-0.2, -0.15) is 0 Å². The molecule has 19 heavy (non-hydrogen) atoms. The second kappa shape index (κ2) is 8.93. The fraction of sp³-hybridized carbons (Fsp3) is 1.00. The average Bonchev–Trinajstić information content (AvgIpc) is 2.35. The molecule has 3 nitrogen and oxygen atoms in total. The van der Waals surface area contributed by atoms with Crippen molar-refractivity contribution in [2.45, 2.75) is 58.5 Å². The molecule has 1 aliphatic rings. The van der Waals surface area contributed by atoms with Gasteiger partial charge in [0.25, 0.3) is 0 Å². The summed E-state index contributed by atoms with van der Waals surface area (Å²) in [6.45, 7) is 11.9. The molecular formula is C16H35N3. The van der Waals surface area contributed by atoms with E-state index >= 15 is 0 Å². The molecule has 1 aliphatic heterocycles. The van der Waals surface area contributed by atoms with Crippen molar-refractivity contribution >= 4 is 0 Å². The summed E-state index contributed by atoms with van der Waals surface area (Å²) in [5.74, 6) is 0.754. The van der Waals surface area contributed by atoms with Crippen molar-refractivity contribution in [1.82, 2.24) is 15.1 Å². The summed E-state index contributed by atoms with van der Waals surface area (Å²) < 4.78 is 0. The molecule has 0 bridgehead atoms. The first-order chi connectivity index (χ1) is 8.99. The van der Waals surface area contributed by atoms with Crippen molar-refractivity contribution in [2.24, 2.45) is 5.92 Å². The summed E-state index contributed by atoms with van der Waals surface area (Å²) in [5, 5.41) is 3.69. The van der Waals surface area contributed by atoms with Crippen LogP contribution in [0.1, 0.15) is 46.5 Å². The minimum Gasteiger partial charge on any atom is -0.314 e. The SMILES string of the molecule is CC(C)CN(CCN(C)C)C(C)CC1CCCCN1. The largest absolute Gasteiger partial charge is 0.314 e. The Morgan fingerprint density at radius 2 is 1.84 bits per heavy atom. The van der Waals surface area contributed by atoms with Gasteiger partial charge >= 0.3 is 0 Å². The summed E-state index contributed by atoms with van der Waals surface area (Å²) in [6.07, 6.45) is 5.45. The molecule has 114 valence electrons.